The first kappa shape index (κ1) is 23.0. The minimum Gasteiger partial charge on any atom is -0.398 e. The highest BCUT2D eigenvalue weighted by molar-refractivity contribution is 6.06. The molecule has 5 N–H and O–H groups in total. The number of carbonyl (C=O) groups is 2. The van der Waals surface area contributed by atoms with Gasteiger partial charge in [0.15, 0.2) is 0 Å². The van der Waals surface area contributed by atoms with Gasteiger partial charge in [-0.05, 0) is 37.6 Å². The zero-order chi connectivity index (χ0) is 23.8. The molecule has 0 bridgehead atoms. The van der Waals surface area contributed by atoms with Gasteiger partial charge in [0.2, 0.25) is 5.91 Å². The summed E-state index contributed by atoms with van der Waals surface area (Å²) in [6, 6.07) is 5.42. The van der Waals surface area contributed by atoms with Crippen molar-refractivity contribution in [2.45, 2.75) is 32.6 Å². The summed E-state index contributed by atoms with van der Waals surface area (Å²) in [5.41, 5.74) is 7.23. The van der Waals surface area contributed by atoms with Gasteiger partial charge in [0.25, 0.3) is 5.91 Å². The Kier molecular flexibility index (Phi) is 6.11. The van der Waals surface area contributed by atoms with Crippen LogP contribution in [-0.4, -0.2) is 41.2 Å². The molecule has 7 nitrogen and oxygen atoms in total. The number of rotatable bonds is 6. The Bertz CT molecular complexity index is 1080. The van der Waals surface area contributed by atoms with E-state index in [1.165, 1.54) is 13.0 Å². The van der Waals surface area contributed by atoms with Crippen molar-refractivity contribution in [3.63, 3.8) is 0 Å². The molecule has 3 rings (SSSR count). The van der Waals surface area contributed by atoms with Gasteiger partial charge in [-0.25, -0.2) is 4.39 Å². The highest BCUT2D eigenvalue weighted by Gasteiger charge is 2.38. The SMILES string of the molecule is CC(=N)c1c(N)cc(Nc2cccc3c2C(=O)N(CC(=O)NC(C)C(F)(F)F)C3)cc1F. The smallest absolute Gasteiger partial charge is 0.398 e. The highest BCUT2D eigenvalue weighted by Crippen LogP contribution is 2.32. The second-order valence-electron chi connectivity index (χ2n) is 7.50. The third kappa shape index (κ3) is 4.66. The fourth-order valence-electron chi connectivity index (χ4n) is 3.45. The summed E-state index contributed by atoms with van der Waals surface area (Å²) in [5.74, 6) is -2.17. The van der Waals surface area contributed by atoms with E-state index in [0.717, 1.165) is 17.9 Å². The van der Waals surface area contributed by atoms with Crippen LogP contribution in [-0.2, 0) is 11.3 Å². The van der Waals surface area contributed by atoms with E-state index in [-0.39, 0.29) is 34.8 Å². The van der Waals surface area contributed by atoms with Crippen molar-refractivity contribution in [3.05, 3.63) is 52.8 Å². The molecule has 32 heavy (non-hydrogen) atoms. The molecule has 1 aliphatic heterocycles. The Labute approximate surface area is 181 Å². The maximum absolute atomic E-state index is 14.3. The Morgan fingerprint density at radius 3 is 2.59 bits per heavy atom. The van der Waals surface area contributed by atoms with Crippen LogP contribution in [0.5, 0.6) is 0 Å². The summed E-state index contributed by atoms with van der Waals surface area (Å²) in [7, 11) is 0. The molecule has 0 aliphatic carbocycles. The van der Waals surface area contributed by atoms with Crippen LogP contribution in [0, 0.1) is 11.2 Å². The quantitative estimate of drug-likeness (QED) is 0.306. The van der Waals surface area contributed by atoms with Crippen molar-refractivity contribution in [2.24, 2.45) is 0 Å². The summed E-state index contributed by atoms with van der Waals surface area (Å²) in [4.78, 5) is 26.0. The molecule has 0 saturated heterocycles. The summed E-state index contributed by atoms with van der Waals surface area (Å²) in [6.45, 7) is 1.73. The number of amides is 2. The van der Waals surface area contributed by atoms with E-state index in [1.807, 2.05) is 5.32 Å². The standard InChI is InChI=1S/C21H21F4N5O2/c1-10(26)18-14(22)6-13(7-15(18)27)29-16-5-3-4-12-8-30(20(32)19(12)16)9-17(31)28-11(2)21(23,24)25/h3-7,11,26,29H,8-9,27H2,1-2H3,(H,28,31). The molecule has 0 radical (unpaired) electrons. The average Bonchev–Trinajstić information content (AvgIpc) is 2.96. The van der Waals surface area contributed by atoms with Gasteiger partial charge < -0.3 is 26.7 Å². The molecule has 0 spiro atoms. The molecule has 0 fully saturated rings. The third-order valence-electron chi connectivity index (χ3n) is 4.99. The minimum absolute atomic E-state index is 0.0183. The number of nitrogens with zero attached hydrogens (tertiary/aromatic N) is 1. The summed E-state index contributed by atoms with van der Waals surface area (Å²) in [6.07, 6.45) is -4.59. The van der Waals surface area contributed by atoms with E-state index >= 15 is 0 Å². The molecule has 2 amide bonds. The van der Waals surface area contributed by atoms with Gasteiger partial charge in [-0.1, -0.05) is 12.1 Å². The van der Waals surface area contributed by atoms with Gasteiger partial charge in [0, 0.05) is 23.6 Å². The largest absolute Gasteiger partial charge is 0.408 e. The fraction of sp³-hybridized carbons (Fsp3) is 0.286. The second-order valence-corrected chi connectivity index (χ2v) is 7.50. The lowest BCUT2D eigenvalue weighted by atomic mass is 10.1. The van der Waals surface area contributed by atoms with Crippen molar-refractivity contribution < 1.29 is 27.2 Å². The van der Waals surface area contributed by atoms with Crippen LogP contribution in [0.2, 0.25) is 0 Å². The second kappa shape index (κ2) is 8.48. The van der Waals surface area contributed by atoms with E-state index in [2.05, 4.69) is 5.32 Å². The Morgan fingerprint density at radius 2 is 2.00 bits per heavy atom. The van der Waals surface area contributed by atoms with Crippen molar-refractivity contribution >= 4 is 34.6 Å². The lowest BCUT2D eigenvalue weighted by Gasteiger charge is -2.20. The van der Waals surface area contributed by atoms with E-state index in [1.54, 1.807) is 18.2 Å². The molecule has 0 saturated carbocycles. The number of benzene rings is 2. The van der Waals surface area contributed by atoms with Gasteiger partial charge in [-0.2, -0.15) is 13.2 Å². The van der Waals surface area contributed by atoms with Crippen LogP contribution in [0.15, 0.2) is 30.3 Å². The van der Waals surface area contributed by atoms with Crippen LogP contribution in [0.3, 0.4) is 0 Å². The topological polar surface area (TPSA) is 111 Å². The summed E-state index contributed by atoms with van der Waals surface area (Å²) >= 11 is 0. The number of carbonyl (C=O) groups excluding carboxylic acids is 2. The predicted molar refractivity (Wildman–Crippen MR) is 111 cm³/mol. The Hall–Kier alpha value is -3.63. The number of hydrogen-bond acceptors (Lipinski definition) is 5. The normalized spacial score (nSPS) is 14.2. The number of nitrogens with one attached hydrogen (secondary N) is 3. The number of fused-ring (bicyclic) bond motifs is 1. The maximum Gasteiger partial charge on any atom is 0.408 e. The van der Waals surface area contributed by atoms with Crippen LogP contribution in [0.25, 0.3) is 0 Å². The van der Waals surface area contributed by atoms with Crippen LogP contribution in [0.4, 0.5) is 34.6 Å². The number of anilines is 3. The van der Waals surface area contributed by atoms with Gasteiger partial charge in [-0.3, -0.25) is 9.59 Å². The molecule has 11 heteroatoms. The molecule has 1 heterocycles. The van der Waals surface area contributed by atoms with E-state index in [4.69, 9.17) is 11.1 Å². The van der Waals surface area contributed by atoms with Crippen molar-refractivity contribution in [2.75, 3.05) is 17.6 Å². The molecule has 0 aromatic heterocycles. The van der Waals surface area contributed by atoms with Crippen molar-refractivity contribution in [1.82, 2.24) is 10.2 Å². The number of nitrogens with two attached hydrogens (primary N) is 1. The lowest BCUT2D eigenvalue weighted by Crippen LogP contribution is -2.47. The number of alkyl halides is 3. The van der Waals surface area contributed by atoms with Gasteiger partial charge in [0.05, 0.1) is 16.8 Å². The Balaban J connectivity index is 1.79. The van der Waals surface area contributed by atoms with E-state index in [0.29, 0.717) is 11.3 Å². The zero-order valence-electron chi connectivity index (χ0n) is 17.2. The van der Waals surface area contributed by atoms with Crippen LogP contribution >= 0.6 is 0 Å². The monoisotopic (exact) mass is 451 g/mol. The Morgan fingerprint density at radius 1 is 1.31 bits per heavy atom. The van der Waals surface area contributed by atoms with Gasteiger partial charge in [0.1, 0.15) is 18.4 Å². The summed E-state index contributed by atoms with van der Waals surface area (Å²) < 4.78 is 52.3. The van der Waals surface area contributed by atoms with Gasteiger partial charge in [-0.15, -0.1) is 0 Å². The first-order chi connectivity index (χ1) is 14.9. The first-order valence-corrected chi connectivity index (χ1v) is 9.57. The molecule has 170 valence electrons. The van der Waals surface area contributed by atoms with Crippen molar-refractivity contribution in [1.29, 1.82) is 5.41 Å². The molecular formula is C21H21F4N5O2. The molecular weight excluding hydrogens is 430 g/mol. The fourth-order valence-corrected chi connectivity index (χ4v) is 3.45. The molecule has 1 aliphatic rings. The third-order valence-corrected chi connectivity index (χ3v) is 4.99. The number of nitrogen functional groups attached to an aromatic ring is 1. The van der Waals surface area contributed by atoms with Crippen molar-refractivity contribution in [3.8, 4) is 0 Å². The zero-order valence-corrected chi connectivity index (χ0v) is 17.2. The lowest BCUT2D eigenvalue weighted by molar-refractivity contribution is -0.158. The molecule has 1 atom stereocenters. The van der Waals surface area contributed by atoms with E-state index < -0.39 is 36.4 Å². The number of halogens is 4. The average molecular weight is 451 g/mol. The molecule has 2 aromatic rings. The number of hydrogen-bond donors (Lipinski definition) is 4. The first-order valence-electron chi connectivity index (χ1n) is 9.57. The molecule has 1 unspecified atom stereocenters. The van der Waals surface area contributed by atoms with Gasteiger partial charge >= 0.3 is 6.18 Å². The highest BCUT2D eigenvalue weighted by atomic mass is 19.4. The van der Waals surface area contributed by atoms with Crippen LogP contribution < -0.4 is 16.4 Å². The summed E-state index contributed by atoms with van der Waals surface area (Å²) in [5, 5.41) is 12.4. The predicted octanol–water partition coefficient (Wildman–Crippen LogP) is 3.56. The van der Waals surface area contributed by atoms with Crippen LogP contribution in [0.1, 0.15) is 35.3 Å². The maximum atomic E-state index is 14.3. The molecule has 2 aromatic carbocycles. The van der Waals surface area contributed by atoms with E-state index in [9.17, 15) is 27.2 Å². The minimum atomic E-state index is -4.59.